The fourth-order valence-corrected chi connectivity index (χ4v) is 1.67. The SMILES string of the molecule is CC[C@H](C)NC(=O)NC(=O)Cn1nnc(-c2ccccc2)n1. The summed E-state index contributed by atoms with van der Waals surface area (Å²) >= 11 is 0. The quantitative estimate of drug-likeness (QED) is 0.856. The summed E-state index contributed by atoms with van der Waals surface area (Å²) in [4.78, 5) is 24.4. The van der Waals surface area contributed by atoms with Crippen LogP contribution in [0.4, 0.5) is 4.79 Å². The van der Waals surface area contributed by atoms with E-state index in [0.29, 0.717) is 5.82 Å². The lowest BCUT2D eigenvalue weighted by molar-refractivity contribution is -0.121. The lowest BCUT2D eigenvalue weighted by atomic mass is 10.2. The fourth-order valence-electron chi connectivity index (χ4n) is 1.67. The Morgan fingerprint density at radius 3 is 2.68 bits per heavy atom. The third kappa shape index (κ3) is 4.37. The van der Waals surface area contributed by atoms with Gasteiger partial charge in [-0.15, -0.1) is 10.2 Å². The van der Waals surface area contributed by atoms with E-state index in [0.717, 1.165) is 16.8 Å². The second-order valence-corrected chi connectivity index (χ2v) is 4.84. The van der Waals surface area contributed by atoms with Crippen molar-refractivity contribution in [1.82, 2.24) is 30.8 Å². The Balaban J connectivity index is 1.90. The van der Waals surface area contributed by atoms with Crippen molar-refractivity contribution in [3.05, 3.63) is 30.3 Å². The second-order valence-electron chi connectivity index (χ2n) is 4.84. The minimum Gasteiger partial charge on any atom is -0.335 e. The van der Waals surface area contributed by atoms with Crippen LogP contribution in [0.3, 0.4) is 0 Å². The summed E-state index contributed by atoms with van der Waals surface area (Å²) in [5.74, 6) is -0.0738. The number of carbonyl (C=O) groups is 2. The summed E-state index contributed by atoms with van der Waals surface area (Å²) in [7, 11) is 0. The van der Waals surface area contributed by atoms with Crippen LogP contribution in [0.5, 0.6) is 0 Å². The highest BCUT2D eigenvalue weighted by atomic mass is 16.2. The van der Waals surface area contributed by atoms with Crippen LogP contribution in [0.25, 0.3) is 11.4 Å². The van der Waals surface area contributed by atoms with Crippen molar-refractivity contribution in [3.63, 3.8) is 0 Å². The third-order valence-corrected chi connectivity index (χ3v) is 3.01. The largest absolute Gasteiger partial charge is 0.335 e. The van der Waals surface area contributed by atoms with Crippen molar-refractivity contribution >= 4 is 11.9 Å². The van der Waals surface area contributed by atoms with Crippen LogP contribution in [0.2, 0.25) is 0 Å². The molecule has 22 heavy (non-hydrogen) atoms. The molecule has 0 aliphatic heterocycles. The van der Waals surface area contributed by atoms with Gasteiger partial charge in [0.25, 0.3) is 5.91 Å². The molecule has 1 aromatic heterocycles. The topological polar surface area (TPSA) is 102 Å². The minimum absolute atomic E-state index is 0.00183. The van der Waals surface area contributed by atoms with E-state index in [4.69, 9.17) is 0 Å². The molecule has 0 aliphatic rings. The van der Waals surface area contributed by atoms with Crippen molar-refractivity contribution < 1.29 is 9.59 Å². The highest BCUT2D eigenvalue weighted by molar-refractivity contribution is 5.94. The predicted molar refractivity (Wildman–Crippen MR) is 79.7 cm³/mol. The molecule has 0 saturated carbocycles. The molecule has 0 bridgehead atoms. The van der Waals surface area contributed by atoms with Crippen LogP contribution >= 0.6 is 0 Å². The Hall–Kier alpha value is -2.77. The summed E-state index contributed by atoms with van der Waals surface area (Å²) in [6.45, 7) is 3.63. The highest BCUT2D eigenvalue weighted by Crippen LogP contribution is 2.11. The first-order valence-corrected chi connectivity index (χ1v) is 7.02. The number of nitrogens with zero attached hydrogens (tertiary/aromatic N) is 4. The monoisotopic (exact) mass is 302 g/mol. The summed E-state index contributed by atoms with van der Waals surface area (Å²) in [5.41, 5.74) is 0.809. The van der Waals surface area contributed by atoms with Gasteiger partial charge in [0.15, 0.2) is 0 Å². The van der Waals surface area contributed by atoms with E-state index in [2.05, 4.69) is 26.0 Å². The van der Waals surface area contributed by atoms with Crippen molar-refractivity contribution in [2.24, 2.45) is 0 Å². The molecule has 0 saturated heterocycles. The Morgan fingerprint density at radius 1 is 1.27 bits per heavy atom. The smallest absolute Gasteiger partial charge is 0.321 e. The number of nitrogens with one attached hydrogen (secondary N) is 2. The zero-order chi connectivity index (χ0) is 15.9. The Labute approximate surface area is 127 Å². The lowest BCUT2D eigenvalue weighted by Crippen LogP contribution is -2.44. The number of amides is 3. The van der Waals surface area contributed by atoms with Crippen molar-refractivity contribution in [2.75, 3.05) is 0 Å². The zero-order valence-electron chi connectivity index (χ0n) is 12.5. The maximum absolute atomic E-state index is 11.7. The normalized spacial score (nSPS) is 11.7. The zero-order valence-corrected chi connectivity index (χ0v) is 12.5. The van der Waals surface area contributed by atoms with Crippen LogP contribution in [0.1, 0.15) is 20.3 Å². The Morgan fingerprint density at radius 2 is 2.00 bits per heavy atom. The minimum atomic E-state index is -0.525. The standard InChI is InChI=1S/C14H18N6O2/c1-3-10(2)15-14(22)16-12(21)9-20-18-13(17-19-20)11-7-5-4-6-8-11/h4-8,10H,3,9H2,1-2H3,(H2,15,16,21,22)/t10-/m0/s1. The van der Waals surface area contributed by atoms with E-state index in [1.165, 1.54) is 0 Å². The van der Waals surface area contributed by atoms with Crippen molar-refractivity contribution in [3.8, 4) is 11.4 Å². The number of hydrogen-bond donors (Lipinski definition) is 2. The van der Waals surface area contributed by atoms with Gasteiger partial charge in [0.1, 0.15) is 6.54 Å². The van der Waals surface area contributed by atoms with Crippen LogP contribution in [0, 0.1) is 0 Å². The number of tetrazole rings is 1. The summed E-state index contributed by atoms with van der Waals surface area (Å²) in [6, 6.07) is 8.79. The van der Waals surface area contributed by atoms with Crippen LogP contribution < -0.4 is 10.6 Å². The molecule has 2 aromatic rings. The highest BCUT2D eigenvalue weighted by Gasteiger charge is 2.12. The van der Waals surface area contributed by atoms with Gasteiger partial charge in [0.2, 0.25) is 5.82 Å². The van der Waals surface area contributed by atoms with Gasteiger partial charge in [0, 0.05) is 11.6 Å². The molecule has 0 radical (unpaired) electrons. The first-order valence-electron chi connectivity index (χ1n) is 7.02. The van der Waals surface area contributed by atoms with Gasteiger partial charge >= 0.3 is 6.03 Å². The van der Waals surface area contributed by atoms with E-state index in [1.54, 1.807) is 0 Å². The molecule has 0 spiro atoms. The van der Waals surface area contributed by atoms with Gasteiger partial charge in [-0.05, 0) is 18.6 Å². The molecule has 8 nitrogen and oxygen atoms in total. The van der Waals surface area contributed by atoms with Crippen molar-refractivity contribution in [1.29, 1.82) is 0 Å². The number of urea groups is 1. The van der Waals surface area contributed by atoms with Gasteiger partial charge in [-0.1, -0.05) is 37.3 Å². The molecule has 0 fully saturated rings. The molecular formula is C14H18N6O2. The van der Waals surface area contributed by atoms with E-state index in [9.17, 15) is 9.59 Å². The first-order chi connectivity index (χ1) is 10.6. The number of carbonyl (C=O) groups excluding carboxylic acids is 2. The van der Waals surface area contributed by atoms with Crippen LogP contribution in [-0.4, -0.2) is 38.2 Å². The molecule has 0 unspecified atom stereocenters. The van der Waals surface area contributed by atoms with E-state index in [-0.39, 0.29) is 12.6 Å². The van der Waals surface area contributed by atoms with E-state index >= 15 is 0 Å². The fraction of sp³-hybridized carbons (Fsp3) is 0.357. The number of rotatable bonds is 5. The lowest BCUT2D eigenvalue weighted by Gasteiger charge is -2.11. The number of hydrogen-bond acceptors (Lipinski definition) is 5. The van der Waals surface area contributed by atoms with Gasteiger partial charge < -0.3 is 5.32 Å². The number of benzene rings is 1. The molecule has 8 heteroatoms. The van der Waals surface area contributed by atoms with Crippen LogP contribution in [-0.2, 0) is 11.3 Å². The van der Waals surface area contributed by atoms with Crippen molar-refractivity contribution in [2.45, 2.75) is 32.9 Å². The molecule has 2 rings (SSSR count). The molecule has 1 atom stereocenters. The summed E-state index contributed by atoms with van der Waals surface area (Å²) < 4.78 is 0. The maximum Gasteiger partial charge on any atom is 0.321 e. The van der Waals surface area contributed by atoms with Gasteiger partial charge in [-0.2, -0.15) is 4.80 Å². The molecule has 116 valence electrons. The van der Waals surface area contributed by atoms with Gasteiger partial charge in [-0.25, -0.2) is 4.79 Å². The predicted octanol–water partition coefficient (Wildman–Crippen LogP) is 0.964. The van der Waals surface area contributed by atoms with E-state index < -0.39 is 11.9 Å². The molecule has 2 N–H and O–H groups in total. The van der Waals surface area contributed by atoms with Crippen LogP contribution in [0.15, 0.2) is 30.3 Å². The average molecular weight is 302 g/mol. The molecule has 0 aliphatic carbocycles. The summed E-state index contributed by atoms with van der Waals surface area (Å²) in [5, 5.41) is 16.7. The first kappa shape index (κ1) is 15.6. The molecule has 3 amide bonds. The molecule has 1 aromatic carbocycles. The van der Waals surface area contributed by atoms with E-state index in [1.807, 2.05) is 44.2 Å². The average Bonchev–Trinajstić information content (AvgIpc) is 2.96. The number of aromatic nitrogens is 4. The third-order valence-electron chi connectivity index (χ3n) is 3.01. The summed E-state index contributed by atoms with van der Waals surface area (Å²) in [6.07, 6.45) is 0.784. The maximum atomic E-state index is 11.7. The van der Waals surface area contributed by atoms with Gasteiger partial charge in [-0.3, -0.25) is 10.1 Å². The number of imide groups is 1. The Bertz CT molecular complexity index is 640. The molecular weight excluding hydrogens is 284 g/mol. The van der Waals surface area contributed by atoms with Gasteiger partial charge in [0.05, 0.1) is 0 Å². The second kappa shape index (κ2) is 7.30. The Kier molecular flexibility index (Phi) is 5.18. The molecule has 1 heterocycles.